The van der Waals surface area contributed by atoms with Crippen LogP contribution in [0.4, 0.5) is 0 Å². The molecule has 2 aromatic rings. The van der Waals surface area contributed by atoms with E-state index < -0.39 is 0 Å². The SMILES string of the molecule is CCCCCCCCCc1cc(=O)c2ccccc2n1CC. The molecule has 0 aliphatic heterocycles. The summed E-state index contributed by atoms with van der Waals surface area (Å²) in [7, 11) is 0. The lowest BCUT2D eigenvalue weighted by Crippen LogP contribution is -2.13. The third kappa shape index (κ3) is 4.22. The van der Waals surface area contributed by atoms with E-state index in [1.807, 2.05) is 24.3 Å². The van der Waals surface area contributed by atoms with E-state index in [9.17, 15) is 4.79 Å². The van der Waals surface area contributed by atoms with Crippen molar-refractivity contribution in [2.24, 2.45) is 0 Å². The van der Waals surface area contributed by atoms with Crippen molar-refractivity contribution in [1.29, 1.82) is 0 Å². The largest absolute Gasteiger partial charge is 0.345 e. The molecule has 0 atom stereocenters. The summed E-state index contributed by atoms with van der Waals surface area (Å²) in [6.45, 7) is 5.33. The average molecular weight is 299 g/mol. The Kier molecular flexibility index (Phi) is 6.70. The van der Waals surface area contributed by atoms with E-state index in [2.05, 4.69) is 24.5 Å². The van der Waals surface area contributed by atoms with Gasteiger partial charge in [-0.25, -0.2) is 0 Å². The zero-order valence-electron chi connectivity index (χ0n) is 14.1. The van der Waals surface area contributed by atoms with Crippen LogP contribution in [0.1, 0.15) is 64.5 Å². The van der Waals surface area contributed by atoms with Gasteiger partial charge in [-0.2, -0.15) is 0 Å². The lowest BCUT2D eigenvalue weighted by Gasteiger charge is -2.15. The van der Waals surface area contributed by atoms with Gasteiger partial charge in [-0.15, -0.1) is 0 Å². The third-order valence-electron chi connectivity index (χ3n) is 4.46. The molecule has 1 heterocycles. The Bertz CT molecular complexity index is 642. The summed E-state index contributed by atoms with van der Waals surface area (Å²) >= 11 is 0. The normalized spacial score (nSPS) is 11.2. The van der Waals surface area contributed by atoms with E-state index in [4.69, 9.17) is 0 Å². The number of hydrogen-bond donors (Lipinski definition) is 0. The lowest BCUT2D eigenvalue weighted by molar-refractivity contribution is 0.580. The predicted molar refractivity (Wildman–Crippen MR) is 95.6 cm³/mol. The van der Waals surface area contributed by atoms with E-state index in [0.717, 1.165) is 23.9 Å². The van der Waals surface area contributed by atoms with Crippen LogP contribution in [0.25, 0.3) is 10.9 Å². The smallest absolute Gasteiger partial charge is 0.189 e. The monoisotopic (exact) mass is 299 g/mol. The van der Waals surface area contributed by atoms with Gasteiger partial charge in [-0.1, -0.05) is 57.6 Å². The first-order chi connectivity index (χ1) is 10.8. The Morgan fingerprint density at radius 2 is 1.59 bits per heavy atom. The molecule has 22 heavy (non-hydrogen) atoms. The Morgan fingerprint density at radius 1 is 0.909 bits per heavy atom. The maximum Gasteiger partial charge on any atom is 0.189 e. The number of para-hydroxylation sites is 1. The maximum atomic E-state index is 12.3. The van der Waals surface area contributed by atoms with E-state index in [0.29, 0.717) is 0 Å². The molecule has 0 saturated carbocycles. The standard InChI is InChI=1S/C20H29NO/c1-3-5-6-7-8-9-10-13-17-16-20(22)18-14-11-12-15-19(18)21(17)4-2/h11-12,14-16H,3-10,13H2,1-2H3. The first-order valence-corrected chi connectivity index (χ1v) is 8.89. The molecule has 0 fully saturated rings. The quantitative estimate of drug-likeness (QED) is 0.575. The van der Waals surface area contributed by atoms with Crippen LogP contribution >= 0.6 is 0 Å². The number of unbranched alkanes of at least 4 members (excludes halogenated alkanes) is 6. The van der Waals surface area contributed by atoms with Crippen LogP contribution in [0.15, 0.2) is 35.1 Å². The summed E-state index contributed by atoms with van der Waals surface area (Å²) in [6, 6.07) is 9.81. The Balaban J connectivity index is 2.00. The van der Waals surface area contributed by atoms with Crippen LogP contribution in [0.5, 0.6) is 0 Å². The van der Waals surface area contributed by atoms with Gasteiger partial charge in [-0.05, 0) is 31.9 Å². The van der Waals surface area contributed by atoms with Gasteiger partial charge >= 0.3 is 0 Å². The number of fused-ring (bicyclic) bond motifs is 1. The molecule has 0 amide bonds. The van der Waals surface area contributed by atoms with Gasteiger partial charge < -0.3 is 4.57 Å². The molecule has 2 rings (SSSR count). The van der Waals surface area contributed by atoms with E-state index in [1.165, 1.54) is 50.6 Å². The minimum atomic E-state index is 0.165. The third-order valence-corrected chi connectivity index (χ3v) is 4.46. The fourth-order valence-electron chi connectivity index (χ4n) is 3.22. The van der Waals surface area contributed by atoms with Crippen LogP contribution < -0.4 is 5.43 Å². The van der Waals surface area contributed by atoms with Gasteiger partial charge in [0.15, 0.2) is 5.43 Å². The molecular weight excluding hydrogens is 270 g/mol. The molecule has 2 nitrogen and oxygen atoms in total. The van der Waals surface area contributed by atoms with Crippen LogP contribution in [0.2, 0.25) is 0 Å². The van der Waals surface area contributed by atoms with Crippen molar-refractivity contribution in [3.8, 4) is 0 Å². The van der Waals surface area contributed by atoms with Gasteiger partial charge in [-0.3, -0.25) is 4.79 Å². The maximum absolute atomic E-state index is 12.3. The Morgan fingerprint density at radius 3 is 2.32 bits per heavy atom. The van der Waals surface area contributed by atoms with Crippen molar-refractivity contribution in [2.75, 3.05) is 0 Å². The highest BCUT2D eigenvalue weighted by molar-refractivity contribution is 5.79. The molecule has 2 heteroatoms. The summed E-state index contributed by atoms with van der Waals surface area (Å²) in [5.41, 5.74) is 2.44. The number of pyridine rings is 1. The number of rotatable bonds is 9. The van der Waals surface area contributed by atoms with Crippen LogP contribution in [0, 0.1) is 0 Å². The first-order valence-electron chi connectivity index (χ1n) is 8.89. The molecule has 0 spiro atoms. The van der Waals surface area contributed by atoms with Gasteiger partial charge in [0.1, 0.15) is 0 Å². The highest BCUT2D eigenvalue weighted by Gasteiger charge is 2.07. The van der Waals surface area contributed by atoms with Crippen LogP contribution in [-0.4, -0.2) is 4.57 Å². The van der Waals surface area contributed by atoms with Gasteiger partial charge in [0.2, 0.25) is 0 Å². The summed E-state index contributed by atoms with van der Waals surface area (Å²) in [4.78, 5) is 12.3. The minimum Gasteiger partial charge on any atom is -0.345 e. The highest BCUT2D eigenvalue weighted by atomic mass is 16.1. The molecule has 1 aromatic carbocycles. The van der Waals surface area contributed by atoms with Gasteiger partial charge in [0, 0.05) is 23.7 Å². The first kappa shape index (κ1) is 16.8. The predicted octanol–water partition coefficient (Wildman–Crippen LogP) is 5.31. The van der Waals surface area contributed by atoms with Crippen LogP contribution in [0.3, 0.4) is 0 Å². The van der Waals surface area contributed by atoms with E-state index in [-0.39, 0.29) is 5.43 Å². The van der Waals surface area contributed by atoms with Crippen molar-refractivity contribution in [2.45, 2.75) is 71.8 Å². The van der Waals surface area contributed by atoms with Gasteiger partial charge in [0.05, 0.1) is 5.52 Å². The molecule has 0 N–H and O–H groups in total. The van der Waals surface area contributed by atoms with E-state index in [1.54, 1.807) is 0 Å². The second kappa shape index (κ2) is 8.77. The van der Waals surface area contributed by atoms with Crippen molar-refractivity contribution in [1.82, 2.24) is 4.57 Å². The molecule has 0 radical (unpaired) electrons. The number of benzene rings is 1. The topological polar surface area (TPSA) is 22.0 Å². The summed E-state index contributed by atoms with van der Waals surface area (Å²) in [5, 5.41) is 0.840. The summed E-state index contributed by atoms with van der Waals surface area (Å²) in [5.74, 6) is 0. The van der Waals surface area contributed by atoms with Crippen molar-refractivity contribution in [3.63, 3.8) is 0 Å². The molecule has 1 aromatic heterocycles. The van der Waals surface area contributed by atoms with Crippen molar-refractivity contribution < 1.29 is 0 Å². The van der Waals surface area contributed by atoms with Gasteiger partial charge in [0.25, 0.3) is 0 Å². The Labute approximate surface area is 134 Å². The molecule has 0 unspecified atom stereocenters. The number of aromatic nitrogens is 1. The molecule has 120 valence electrons. The second-order valence-electron chi connectivity index (χ2n) is 6.13. The fourth-order valence-corrected chi connectivity index (χ4v) is 3.22. The zero-order chi connectivity index (χ0) is 15.8. The molecular formula is C20H29NO. The molecule has 0 aliphatic rings. The highest BCUT2D eigenvalue weighted by Crippen LogP contribution is 2.16. The minimum absolute atomic E-state index is 0.165. The number of nitrogens with zero attached hydrogens (tertiary/aromatic N) is 1. The summed E-state index contributed by atoms with van der Waals surface area (Å²) in [6.07, 6.45) is 10.2. The number of aryl methyl sites for hydroxylation is 2. The van der Waals surface area contributed by atoms with E-state index >= 15 is 0 Å². The molecule has 0 bridgehead atoms. The molecule has 0 saturated heterocycles. The average Bonchev–Trinajstić information content (AvgIpc) is 2.54. The summed E-state index contributed by atoms with van der Waals surface area (Å²) < 4.78 is 2.30. The van der Waals surface area contributed by atoms with Crippen molar-refractivity contribution in [3.05, 3.63) is 46.2 Å². The second-order valence-corrected chi connectivity index (χ2v) is 6.13. The lowest BCUT2D eigenvalue weighted by atomic mass is 10.1. The van der Waals surface area contributed by atoms with Crippen molar-refractivity contribution >= 4 is 10.9 Å². The zero-order valence-corrected chi connectivity index (χ0v) is 14.1. The number of hydrogen-bond acceptors (Lipinski definition) is 1. The van der Waals surface area contributed by atoms with Crippen LogP contribution in [-0.2, 0) is 13.0 Å². The molecule has 0 aliphatic carbocycles. The fraction of sp³-hybridized carbons (Fsp3) is 0.550. The Hall–Kier alpha value is -1.57.